The molecule has 5 heteroatoms. The SMILES string of the molecule is CC.CCCc1cc(C(=O)N2CCCC(F)(F)C2)sc1CC. The lowest BCUT2D eigenvalue weighted by atomic mass is 10.1. The van der Waals surface area contributed by atoms with Crippen molar-refractivity contribution < 1.29 is 13.6 Å². The second kappa shape index (κ2) is 8.61. The van der Waals surface area contributed by atoms with E-state index in [1.165, 1.54) is 26.7 Å². The van der Waals surface area contributed by atoms with Gasteiger partial charge in [0.2, 0.25) is 0 Å². The third-order valence-corrected chi connectivity index (χ3v) is 4.94. The molecule has 2 rings (SSSR count). The van der Waals surface area contributed by atoms with Crippen LogP contribution >= 0.6 is 11.3 Å². The first-order chi connectivity index (χ1) is 10.5. The summed E-state index contributed by atoms with van der Waals surface area (Å²) >= 11 is 1.47. The van der Waals surface area contributed by atoms with Crippen molar-refractivity contribution in [2.24, 2.45) is 0 Å². The van der Waals surface area contributed by atoms with Crippen LogP contribution in [0.2, 0.25) is 0 Å². The lowest BCUT2D eigenvalue weighted by Gasteiger charge is -2.32. The van der Waals surface area contributed by atoms with Gasteiger partial charge in [-0.25, -0.2) is 8.78 Å². The third kappa shape index (κ3) is 4.77. The topological polar surface area (TPSA) is 20.3 Å². The number of carbonyl (C=O) groups excluding carboxylic acids is 1. The zero-order valence-electron chi connectivity index (χ0n) is 14.0. The molecule has 1 aliphatic heterocycles. The van der Waals surface area contributed by atoms with E-state index in [9.17, 15) is 13.6 Å². The maximum absolute atomic E-state index is 13.4. The molecule has 0 aliphatic carbocycles. The molecule has 1 aromatic rings. The molecule has 0 bridgehead atoms. The quantitative estimate of drug-likeness (QED) is 0.746. The predicted molar refractivity (Wildman–Crippen MR) is 89.1 cm³/mol. The fourth-order valence-corrected chi connectivity index (χ4v) is 3.77. The molecule has 22 heavy (non-hydrogen) atoms. The highest BCUT2D eigenvalue weighted by Crippen LogP contribution is 2.30. The van der Waals surface area contributed by atoms with Crippen molar-refractivity contribution >= 4 is 17.2 Å². The van der Waals surface area contributed by atoms with E-state index in [1.807, 2.05) is 19.9 Å². The van der Waals surface area contributed by atoms with Crippen LogP contribution in [0.3, 0.4) is 0 Å². The predicted octanol–water partition coefficient (Wildman–Crippen LogP) is 5.16. The highest BCUT2D eigenvalue weighted by atomic mass is 32.1. The number of rotatable bonds is 4. The Bertz CT molecular complexity index is 485. The van der Waals surface area contributed by atoms with Gasteiger partial charge in [-0.15, -0.1) is 11.3 Å². The van der Waals surface area contributed by atoms with Gasteiger partial charge in [0.1, 0.15) is 0 Å². The number of aryl methyl sites for hydroxylation is 2. The van der Waals surface area contributed by atoms with Crippen LogP contribution in [-0.2, 0) is 12.8 Å². The lowest BCUT2D eigenvalue weighted by molar-refractivity contribution is -0.0559. The van der Waals surface area contributed by atoms with Crippen molar-refractivity contribution in [1.29, 1.82) is 0 Å². The first kappa shape index (κ1) is 19.1. The van der Waals surface area contributed by atoms with Crippen molar-refractivity contribution in [3.05, 3.63) is 21.4 Å². The van der Waals surface area contributed by atoms with E-state index in [2.05, 4.69) is 13.8 Å². The number of halogens is 2. The molecule has 0 saturated carbocycles. The maximum Gasteiger partial charge on any atom is 0.265 e. The van der Waals surface area contributed by atoms with E-state index in [1.54, 1.807) is 0 Å². The Kier molecular flexibility index (Phi) is 7.46. The number of piperidine rings is 1. The molecule has 2 heterocycles. The van der Waals surface area contributed by atoms with Gasteiger partial charge in [0.05, 0.1) is 11.4 Å². The summed E-state index contributed by atoms with van der Waals surface area (Å²) in [7, 11) is 0. The minimum absolute atomic E-state index is 0.109. The standard InChI is InChI=1S/C15H21F2NOS.C2H6/c1-3-6-11-9-13(20-12(11)4-2)14(19)18-8-5-7-15(16,17)10-18;1-2/h9H,3-8,10H2,1-2H3;1-2H3. The van der Waals surface area contributed by atoms with Gasteiger partial charge >= 0.3 is 0 Å². The molecule has 2 nitrogen and oxygen atoms in total. The van der Waals surface area contributed by atoms with E-state index in [-0.39, 0.29) is 12.3 Å². The molecule has 0 unspecified atom stereocenters. The first-order valence-electron chi connectivity index (χ1n) is 8.25. The van der Waals surface area contributed by atoms with Crippen LogP contribution in [0.25, 0.3) is 0 Å². The van der Waals surface area contributed by atoms with Crippen molar-refractivity contribution in [3.8, 4) is 0 Å². The fourth-order valence-electron chi connectivity index (χ4n) is 2.65. The van der Waals surface area contributed by atoms with Gasteiger partial charge in [0, 0.05) is 17.8 Å². The molecule has 126 valence electrons. The zero-order valence-corrected chi connectivity index (χ0v) is 14.9. The Hall–Kier alpha value is -0.970. The summed E-state index contributed by atoms with van der Waals surface area (Å²) in [6, 6.07) is 1.90. The minimum Gasteiger partial charge on any atom is -0.332 e. The van der Waals surface area contributed by atoms with Crippen LogP contribution < -0.4 is 0 Å². The average Bonchev–Trinajstić information content (AvgIpc) is 2.91. The van der Waals surface area contributed by atoms with Crippen LogP contribution in [0.4, 0.5) is 8.78 Å². The average molecular weight is 331 g/mol. The van der Waals surface area contributed by atoms with Gasteiger partial charge in [-0.3, -0.25) is 4.79 Å². The Morgan fingerprint density at radius 3 is 2.59 bits per heavy atom. The molecule has 0 radical (unpaired) electrons. The van der Waals surface area contributed by atoms with Crippen molar-refractivity contribution in [1.82, 2.24) is 4.90 Å². The van der Waals surface area contributed by atoms with Crippen LogP contribution in [0.1, 0.15) is 67.1 Å². The van der Waals surface area contributed by atoms with E-state index >= 15 is 0 Å². The summed E-state index contributed by atoms with van der Waals surface area (Å²) in [5.74, 6) is -2.96. The van der Waals surface area contributed by atoms with Crippen LogP contribution in [0, 0.1) is 0 Å². The maximum atomic E-state index is 13.4. The molecule has 1 aliphatic rings. The Balaban J connectivity index is 0.00000116. The second-order valence-electron chi connectivity index (χ2n) is 5.35. The fraction of sp³-hybridized carbons (Fsp3) is 0.706. The monoisotopic (exact) mass is 331 g/mol. The Morgan fingerprint density at radius 2 is 2.05 bits per heavy atom. The number of alkyl halides is 2. The minimum atomic E-state index is -2.73. The molecule has 1 amide bonds. The van der Waals surface area contributed by atoms with Gasteiger partial charge in [-0.2, -0.15) is 0 Å². The van der Waals surface area contributed by atoms with Crippen LogP contribution in [0.15, 0.2) is 6.07 Å². The van der Waals surface area contributed by atoms with Gasteiger partial charge < -0.3 is 4.90 Å². The number of hydrogen-bond acceptors (Lipinski definition) is 2. The molecular formula is C17H27F2NOS. The Morgan fingerprint density at radius 1 is 1.36 bits per heavy atom. The van der Waals surface area contributed by atoms with E-state index < -0.39 is 12.5 Å². The van der Waals surface area contributed by atoms with E-state index in [0.29, 0.717) is 17.8 Å². The van der Waals surface area contributed by atoms with E-state index in [0.717, 1.165) is 19.3 Å². The zero-order chi connectivity index (χ0) is 16.8. The van der Waals surface area contributed by atoms with E-state index in [4.69, 9.17) is 0 Å². The normalized spacial score (nSPS) is 16.9. The molecule has 0 atom stereocenters. The smallest absolute Gasteiger partial charge is 0.265 e. The van der Waals surface area contributed by atoms with Crippen LogP contribution in [-0.4, -0.2) is 29.8 Å². The van der Waals surface area contributed by atoms with Gasteiger partial charge in [-0.1, -0.05) is 34.1 Å². The van der Waals surface area contributed by atoms with Gasteiger partial charge in [0.15, 0.2) is 0 Å². The number of carbonyl (C=O) groups is 1. The number of hydrogen-bond donors (Lipinski definition) is 0. The largest absolute Gasteiger partial charge is 0.332 e. The summed E-state index contributed by atoms with van der Waals surface area (Å²) in [6.45, 7) is 8.17. The Labute approximate surface area is 136 Å². The molecule has 0 spiro atoms. The van der Waals surface area contributed by atoms with Crippen molar-refractivity contribution in [2.75, 3.05) is 13.1 Å². The summed E-state index contributed by atoms with van der Waals surface area (Å²) in [5.41, 5.74) is 1.20. The lowest BCUT2D eigenvalue weighted by Crippen LogP contribution is -2.45. The molecule has 1 fully saturated rings. The number of thiophene rings is 1. The molecule has 1 saturated heterocycles. The summed E-state index contributed by atoms with van der Waals surface area (Å²) in [6.07, 6.45) is 3.14. The highest BCUT2D eigenvalue weighted by molar-refractivity contribution is 7.14. The summed E-state index contributed by atoms with van der Waals surface area (Å²) < 4.78 is 26.8. The number of amides is 1. The molecule has 1 aromatic heterocycles. The molecule has 0 N–H and O–H groups in total. The van der Waals surface area contributed by atoms with Crippen molar-refractivity contribution in [3.63, 3.8) is 0 Å². The van der Waals surface area contributed by atoms with Gasteiger partial charge in [-0.05, 0) is 30.9 Å². The number of nitrogens with zero attached hydrogens (tertiary/aromatic N) is 1. The summed E-state index contributed by atoms with van der Waals surface area (Å²) in [4.78, 5) is 15.5. The third-order valence-electron chi connectivity index (χ3n) is 3.63. The first-order valence-corrected chi connectivity index (χ1v) is 9.07. The highest BCUT2D eigenvalue weighted by Gasteiger charge is 2.37. The number of likely N-dealkylation sites (tertiary alicyclic amines) is 1. The summed E-state index contributed by atoms with van der Waals surface area (Å²) in [5, 5.41) is 0. The van der Waals surface area contributed by atoms with Gasteiger partial charge in [0.25, 0.3) is 11.8 Å². The van der Waals surface area contributed by atoms with Crippen molar-refractivity contribution in [2.45, 2.75) is 65.7 Å². The molecule has 0 aromatic carbocycles. The molecular weight excluding hydrogens is 304 g/mol. The van der Waals surface area contributed by atoms with Crippen LogP contribution in [0.5, 0.6) is 0 Å². The second-order valence-corrected chi connectivity index (χ2v) is 6.49.